The van der Waals surface area contributed by atoms with Gasteiger partial charge in [0.25, 0.3) is 5.91 Å². The summed E-state index contributed by atoms with van der Waals surface area (Å²) < 4.78 is 5.39. The summed E-state index contributed by atoms with van der Waals surface area (Å²) >= 11 is 11.8. The zero-order valence-electron chi connectivity index (χ0n) is 11.7. The molecule has 22 heavy (non-hydrogen) atoms. The number of carbonyl (C=O) groups is 2. The van der Waals surface area contributed by atoms with Crippen LogP contribution in [0.4, 0.5) is 0 Å². The molecule has 0 aromatic heterocycles. The Labute approximate surface area is 137 Å². The molecule has 0 saturated carbocycles. The third-order valence-electron chi connectivity index (χ3n) is 4.59. The lowest BCUT2D eigenvalue weighted by Gasteiger charge is -2.33. The first-order valence-electron chi connectivity index (χ1n) is 6.99. The maximum atomic E-state index is 12.6. The number of carboxylic acids is 1. The van der Waals surface area contributed by atoms with Gasteiger partial charge in [0.2, 0.25) is 0 Å². The second-order valence-electron chi connectivity index (χ2n) is 5.80. The lowest BCUT2D eigenvalue weighted by atomic mass is 9.74. The molecule has 118 valence electrons. The van der Waals surface area contributed by atoms with Gasteiger partial charge in [0, 0.05) is 31.2 Å². The van der Waals surface area contributed by atoms with E-state index in [2.05, 4.69) is 0 Å². The van der Waals surface area contributed by atoms with Crippen LogP contribution in [0, 0.1) is 11.3 Å². The van der Waals surface area contributed by atoms with Gasteiger partial charge in [-0.1, -0.05) is 23.2 Å². The van der Waals surface area contributed by atoms with E-state index < -0.39 is 11.4 Å². The molecule has 1 aromatic rings. The Kier molecular flexibility index (Phi) is 4.05. The number of likely N-dealkylation sites (tertiary alicyclic amines) is 1. The summed E-state index contributed by atoms with van der Waals surface area (Å²) in [4.78, 5) is 25.9. The number of fused-ring (bicyclic) bond motifs is 1. The molecule has 2 aliphatic rings. The predicted molar refractivity (Wildman–Crippen MR) is 81.4 cm³/mol. The van der Waals surface area contributed by atoms with Crippen LogP contribution >= 0.6 is 23.2 Å². The van der Waals surface area contributed by atoms with Gasteiger partial charge in [0.05, 0.1) is 22.1 Å². The fraction of sp³-hybridized carbons (Fsp3) is 0.467. The number of nitrogens with zero attached hydrogens (tertiary/aromatic N) is 1. The van der Waals surface area contributed by atoms with Crippen molar-refractivity contribution in [3.8, 4) is 0 Å². The van der Waals surface area contributed by atoms with Crippen LogP contribution in [0.25, 0.3) is 0 Å². The lowest BCUT2D eigenvalue weighted by Crippen LogP contribution is -2.45. The van der Waals surface area contributed by atoms with Gasteiger partial charge in [-0.25, -0.2) is 0 Å². The Bertz CT molecular complexity index is 636. The normalized spacial score (nSPS) is 27.5. The minimum absolute atomic E-state index is 0.175. The average Bonchev–Trinajstić information content (AvgIpc) is 2.90. The maximum absolute atomic E-state index is 12.6. The van der Waals surface area contributed by atoms with E-state index in [1.807, 2.05) is 0 Å². The molecule has 0 aliphatic carbocycles. The Balaban J connectivity index is 1.85. The van der Waals surface area contributed by atoms with E-state index in [4.69, 9.17) is 27.9 Å². The minimum Gasteiger partial charge on any atom is -0.481 e. The highest BCUT2D eigenvalue weighted by Crippen LogP contribution is 2.43. The van der Waals surface area contributed by atoms with Crippen molar-refractivity contribution in [2.24, 2.45) is 11.3 Å². The fourth-order valence-corrected chi connectivity index (χ4v) is 3.56. The van der Waals surface area contributed by atoms with Crippen LogP contribution in [-0.2, 0) is 9.53 Å². The number of carbonyl (C=O) groups excluding carboxylic acids is 1. The zero-order chi connectivity index (χ0) is 15.9. The van der Waals surface area contributed by atoms with Crippen molar-refractivity contribution in [3.63, 3.8) is 0 Å². The smallest absolute Gasteiger partial charge is 0.311 e. The summed E-state index contributed by atoms with van der Waals surface area (Å²) in [5.74, 6) is -1.26. The Hall–Kier alpha value is -1.30. The largest absolute Gasteiger partial charge is 0.481 e. The number of hydrogen-bond acceptors (Lipinski definition) is 3. The summed E-state index contributed by atoms with van der Waals surface area (Å²) in [6.45, 7) is 1.37. The van der Waals surface area contributed by atoms with E-state index in [1.165, 1.54) is 6.07 Å². The van der Waals surface area contributed by atoms with Gasteiger partial charge in [-0.3, -0.25) is 9.59 Å². The lowest BCUT2D eigenvalue weighted by molar-refractivity contribution is -0.157. The first-order chi connectivity index (χ1) is 10.4. The summed E-state index contributed by atoms with van der Waals surface area (Å²) in [6, 6.07) is 4.68. The van der Waals surface area contributed by atoms with Crippen molar-refractivity contribution in [1.29, 1.82) is 0 Å². The molecule has 1 N–H and O–H groups in total. The highest BCUT2D eigenvalue weighted by atomic mass is 35.5. The highest BCUT2D eigenvalue weighted by molar-refractivity contribution is 6.42. The van der Waals surface area contributed by atoms with Crippen LogP contribution in [-0.4, -0.2) is 48.2 Å². The minimum atomic E-state index is -0.899. The molecule has 2 heterocycles. The van der Waals surface area contributed by atoms with Gasteiger partial charge in [-0.15, -0.1) is 0 Å². The van der Waals surface area contributed by atoms with Gasteiger partial charge in [0.1, 0.15) is 0 Å². The monoisotopic (exact) mass is 343 g/mol. The number of halogens is 2. The van der Waals surface area contributed by atoms with Gasteiger partial charge in [0.15, 0.2) is 0 Å². The Morgan fingerprint density at radius 3 is 2.73 bits per heavy atom. The van der Waals surface area contributed by atoms with Crippen LogP contribution in [0.15, 0.2) is 18.2 Å². The second-order valence-corrected chi connectivity index (χ2v) is 6.61. The zero-order valence-corrected chi connectivity index (χ0v) is 13.2. The maximum Gasteiger partial charge on any atom is 0.311 e. The molecule has 2 fully saturated rings. The van der Waals surface area contributed by atoms with Crippen LogP contribution < -0.4 is 0 Å². The molecule has 2 aliphatic heterocycles. The third kappa shape index (κ3) is 2.47. The van der Waals surface area contributed by atoms with Crippen LogP contribution in [0.1, 0.15) is 16.8 Å². The topological polar surface area (TPSA) is 66.8 Å². The van der Waals surface area contributed by atoms with Crippen LogP contribution in [0.3, 0.4) is 0 Å². The molecule has 2 saturated heterocycles. The number of benzene rings is 1. The van der Waals surface area contributed by atoms with Crippen molar-refractivity contribution in [1.82, 2.24) is 4.90 Å². The molecule has 2 atom stereocenters. The van der Waals surface area contributed by atoms with Crippen molar-refractivity contribution in [2.45, 2.75) is 6.42 Å². The van der Waals surface area contributed by atoms with E-state index in [9.17, 15) is 14.7 Å². The predicted octanol–water partition coefficient (Wildman–Crippen LogP) is 2.56. The van der Waals surface area contributed by atoms with E-state index in [0.29, 0.717) is 41.8 Å². The number of aliphatic carboxylic acids is 1. The standard InChI is InChI=1S/C15H15Cl2NO4/c16-11-2-1-9(5-12(11)17)13(19)18-6-10-7-22-4-3-15(10,8-18)14(20)21/h1-2,5,10H,3-4,6-8H2,(H,20,21)/t10-,15+/m1/s1. The second kappa shape index (κ2) is 5.72. The van der Waals surface area contributed by atoms with Gasteiger partial charge < -0.3 is 14.7 Å². The molecule has 0 radical (unpaired) electrons. The SMILES string of the molecule is O=C(c1ccc(Cl)c(Cl)c1)N1C[C@@H]2COCC[C@]2(C(=O)O)C1. The molecule has 1 amide bonds. The van der Waals surface area contributed by atoms with Crippen LogP contribution in [0.5, 0.6) is 0 Å². The molecular formula is C15H15Cl2NO4. The number of amides is 1. The van der Waals surface area contributed by atoms with Gasteiger partial charge >= 0.3 is 5.97 Å². The molecule has 3 rings (SSSR count). The average molecular weight is 344 g/mol. The third-order valence-corrected chi connectivity index (χ3v) is 5.33. The summed E-state index contributed by atoms with van der Waals surface area (Å²) in [7, 11) is 0. The number of carboxylic acid groups (broad SMARTS) is 1. The van der Waals surface area contributed by atoms with Crippen molar-refractivity contribution >= 4 is 35.1 Å². The summed E-state index contributed by atoms with van der Waals surface area (Å²) in [5, 5.41) is 10.3. The number of rotatable bonds is 2. The molecule has 5 nitrogen and oxygen atoms in total. The Morgan fingerprint density at radius 2 is 2.09 bits per heavy atom. The first kappa shape index (κ1) is 15.6. The van der Waals surface area contributed by atoms with Crippen molar-refractivity contribution < 1.29 is 19.4 Å². The molecule has 1 aromatic carbocycles. The summed E-state index contributed by atoms with van der Waals surface area (Å²) in [5.41, 5.74) is -0.487. The number of ether oxygens (including phenoxy) is 1. The van der Waals surface area contributed by atoms with Gasteiger partial charge in [-0.2, -0.15) is 0 Å². The molecule has 0 spiro atoms. The van der Waals surface area contributed by atoms with Crippen molar-refractivity contribution in [3.05, 3.63) is 33.8 Å². The van der Waals surface area contributed by atoms with E-state index >= 15 is 0 Å². The van der Waals surface area contributed by atoms with E-state index in [1.54, 1.807) is 17.0 Å². The fourth-order valence-electron chi connectivity index (χ4n) is 3.27. The quantitative estimate of drug-likeness (QED) is 0.895. The Morgan fingerprint density at radius 1 is 1.32 bits per heavy atom. The van der Waals surface area contributed by atoms with E-state index in [-0.39, 0.29) is 18.4 Å². The van der Waals surface area contributed by atoms with Crippen molar-refractivity contribution in [2.75, 3.05) is 26.3 Å². The number of hydrogen-bond donors (Lipinski definition) is 1. The molecule has 0 unspecified atom stereocenters. The van der Waals surface area contributed by atoms with Crippen LogP contribution in [0.2, 0.25) is 10.0 Å². The van der Waals surface area contributed by atoms with Gasteiger partial charge in [-0.05, 0) is 24.6 Å². The molecular weight excluding hydrogens is 329 g/mol. The summed E-state index contributed by atoms with van der Waals surface area (Å²) in [6.07, 6.45) is 0.429. The highest BCUT2D eigenvalue weighted by Gasteiger charge is 2.54. The first-order valence-corrected chi connectivity index (χ1v) is 7.75. The molecule has 0 bridgehead atoms. The molecule has 7 heteroatoms. The van der Waals surface area contributed by atoms with E-state index in [0.717, 1.165) is 0 Å².